The maximum Gasteiger partial charge on any atom is 0.208 e. The van der Waals surface area contributed by atoms with Crippen molar-refractivity contribution in [3.8, 4) is 0 Å². The topological polar surface area (TPSA) is 25.2 Å². The Morgan fingerprint density at radius 3 is 3.25 bits per heavy atom. The van der Waals surface area contributed by atoms with Crippen LogP contribution in [0.15, 0.2) is 33.6 Å². The van der Waals surface area contributed by atoms with Crippen molar-refractivity contribution in [2.75, 3.05) is 11.2 Å². The van der Waals surface area contributed by atoms with E-state index in [0.29, 0.717) is 0 Å². The molecule has 2 heterocycles. The first kappa shape index (κ1) is 6.43. The molecule has 0 unspecified atom stereocenters. The van der Waals surface area contributed by atoms with E-state index in [4.69, 9.17) is 4.42 Å². The van der Waals surface area contributed by atoms with Crippen LogP contribution in [0, 0.1) is 0 Å². The van der Waals surface area contributed by atoms with E-state index >= 15 is 0 Å². The molecule has 2 nitrogen and oxygen atoms in total. The van der Waals surface area contributed by atoms with Gasteiger partial charge in [-0.1, -0.05) is 23.9 Å². The molecule has 1 aliphatic rings. The zero-order valence-corrected chi connectivity index (χ0v) is 7.15. The smallest absolute Gasteiger partial charge is 0.208 e. The lowest BCUT2D eigenvalue weighted by molar-refractivity contribution is 0.627. The number of benzene rings is 1. The average Bonchev–Trinajstić information content (AvgIpc) is 2.62. The van der Waals surface area contributed by atoms with Gasteiger partial charge in [0, 0.05) is 5.39 Å². The number of para-hydroxylation sites is 1. The van der Waals surface area contributed by atoms with Crippen molar-refractivity contribution >= 4 is 28.6 Å². The van der Waals surface area contributed by atoms with Crippen molar-refractivity contribution in [3.05, 3.63) is 24.3 Å². The maximum absolute atomic E-state index is 5.58. The van der Waals surface area contributed by atoms with Crippen molar-refractivity contribution in [3.63, 3.8) is 0 Å². The Balaban J connectivity index is 2.44. The summed E-state index contributed by atoms with van der Waals surface area (Å²) < 4.78 is 5.58. The van der Waals surface area contributed by atoms with Crippen LogP contribution in [0.3, 0.4) is 0 Å². The highest BCUT2D eigenvalue weighted by Gasteiger charge is 2.18. The molecule has 0 fully saturated rings. The van der Waals surface area contributed by atoms with Gasteiger partial charge in [-0.25, -0.2) is 0 Å². The third-order valence-electron chi connectivity index (χ3n) is 2.00. The van der Waals surface area contributed by atoms with Crippen molar-refractivity contribution in [2.24, 2.45) is 0 Å². The maximum atomic E-state index is 5.58. The molecule has 1 aromatic heterocycles. The monoisotopic (exact) mass is 177 g/mol. The number of furan rings is 1. The lowest BCUT2D eigenvalue weighted by Gasteiger charge is -1.89. The highest BCUT2D eigenvalue weighted by atomic mass is 32.2. The summed E-state index contributed by atoms with van der Waals surface area (Å²) in [7, 11) is 0. The molecule has 0 radical (unpaired) electrons. The number of nitrogens with one attached hydrogen (secondary N) is 1. The fourth-order valence-corrected chi connectivity index (χ4v) is 2.37. The molecule has 1 aromatic carbocycles. The summed E-state index contributed by atoms with van der Waals surface area (Å²) in [5.41, 5.74) is 0.974. The molecule has 12 heavy (non-hydrogen) atoms. The van der Waals surface area contributed by atoms with E-state index in [1.165, 1.54) is 10.3 Å². The third kappa shape index (κ3) is 0.716. The van der Waals surface area contributed by atoms with Crippen LogP contribution in [-0.4, -0.2) is 5.88 Å². The number of rotatable bonds is 0. The first-order valence-electron chi connectivity index (χ1n) is 3.83. The van der Waals surface area contributed by atoms with Crippen molar-refractivity contribution < 1.29 is 4.42 Å². The number of hydrogen-bond donors (Lipinski definition) is 1. The molecule has 60 valence electrons. The summed E-state index contributed by atoms with van der Waals surface area (Å²) in [5.74, 6) is 1.86. The van der Waals surface area contributed by atoms with Gasteiger partial charge < -0.3 is 9.73 Å². The summed E-state index contributed by atoms with van der Waals surface area (Å²) in [6.45, 7) is 0. The summed E-state index contributed by atoms with van der Waals surface area (Å²) in [6, 6.07) is 8.12. The second-order valence-corrected chi connectivity index (χ2v) is 3.71. The zero-order chi connectivity index (χ0) is 7.97. The lowest BCUT2D eigenvalue weighted by atomic mass is 10.3. The lowest BCUT2D eigenvalue weighted by Crippen LogP contribution is -1.85. The van der Waals surface area contributed by atoms with E-state index in [-0.39, 0.29) is 0 Å². The summed E-state index contributed by atoms with van der Waals surface area (Å²) in [4.78, 5) is 1.26. The van der Waals surface area contributed by atoms with Crippen LogP contribution in [0.5, 0.6) is 0 Å². The predicted molar refractivity (Wildman–Crippen MR) is 50.6 cm³/mol. The minimum absolute atomic E-state index is 0.930. The van der Waals surface area contributed by atoms with E-state index in [9.17, 15) is 0 Å². The minimum atomic E-state index is 0.930. The van der Waals surface area contributed by atoms with Gasteiger partial charge in [0.05, 0.1) is 10.8 Å². The number of thioether (sulfide) groups is 1. The van der Waals surface area contributed by atoms with Gasteiger partial charge in [0.1, 0.15) is 5.58 Å². The number of fused-ring (bicyclic) bond motifs is 3. The van der Waals surface area contributed by atoms with Gasteiger partial charge >= 0.3 is 0 Å². The van der Waals surface area contributed by atoms with Crippen molar-refractivity contribution in [1.82, 2.24) is 0 Å². The minimum Gasteiger partial charge on any atom is -0.439 e. The molecule has 3 rings (SSSR count). The second-order valence-electron chi connectivity index (χ2n) is 2.72. The van der Waals surface area contributed by atoms with E-state index in [1.54, 1.807) is 11.8 Å². The Morgan fingerprint density at radius 2 is 2.25 bits per heavy atom. The fraction of sp³-hybridized carbons (Fsp3) is 0.111. The van der Waals surface area contributed by atoms with Crippen LogP contribution in [0.1, 0.15) is 0 Å². The standard InChI is InChI=1S/C9H7NOS/c1-2-4-7-6(3-1)8-9(11-7)10-5-12-8/h1-4,10H,5H2. The molecule has 0 spiro atoms. The molecule has 3 heteroatoms. The van der Waals surface area contributed by atoms with E-state index in [1.807, 2.05) is 18.2 Å². The van der Waals surface area contributed by atoms with E-state index in [2.05, 4.69) is 11.4 Å². The Bertz CT molecular complexity index is 435. The molecule has 0 saturated carbocycles. The van der Waals surface area contributed by atoms with Crippen LogP contribution in [-0.2, 0) is 0 Å². The van der Waals surface area contributed by atoms with Crippen LogP contribution < -0.4 is 5.32 Å². The van der Waals surface area contributed by atoms with Gasteiger partial charge in [0.2, 0.25) is 5.88 Å². The van der Waals surface area contributed by atoms with Crippen LogP contribution in [0.2, 0.25) is 0 Å². The molecular formula is C9H7NOS. The normalized spacial score (nSPS) is 14.7. The van der Waals surface area contributed by atoms with Gasteiger partial charge in [-0.05, 0) is 12.1 Å². The molecule has 0 amide bonds. The van der Waals surface area contributed by atoms with Gasteiger partial charge in [-0.15, -0.1) is 0 Å². The molecule has 2 aromatic rings. The van der Waals surface area contributed by atoms with Gasteiger partial charge in [-0.2, -0.15) is 0 Å². The van der Waals surface area contributed by atoms with Gasteiger partial charge in [0.25, 0.3) is 0 Å². The molecule has 0 saturated heterocycles. The Hall–Kier alpha value is -1.09. The quantitative estimate of drug-likeness (QED) is 0.669. The van der Waals surface area contributed by atoms with Crippen LogP contribution in [0.4, 0.5) is 5.88 Å². The second kappa shape index (κ2) is 2.20. The van der Waals surface area contributed by atoms with Crippen molar-refractivity contribution in [2.45, 2.75) is 4.90 Å². The molecule has 0 bridgehead atoms. The van der Waals surface area contributed by atoms with Gasteiger partial charge in [-0.3, -0.25) is 0 Å². The third-order valence-corrected chi connectivity index (χ3v) is 2.98. The molecule has 1 aliphatic heterocycles. The molecular weight excluding hydrogens is 170 g/mol. The molecule has 0 aliphatic carbocycles. The Morgan fingerprint density at radius 1 is 1.33 bits per heavy atom. The highest BCUT2D eigenvalue weighted by Crippen LogP contribution is 2.41. The summed E-state index contributed by atoms with van der Waals surface area (Å²) in [5, 5.41) is 4.41. The Labute approximate surface area is 73.9 Å². The van der Waals surface area contributed by atoms with Gasteiger partial charge in [0.15, 0.2) is 0 Å². The van der Waals surface area contributed by atoms with Crippen LogP contribution >= 0.6 is 11.8 Å². The predicted octanol–water partition coefficient (Wildman–Crippen LogP) is 2.91. The van der Waals surface area contributed by atoms with Crippen molar-refractivity contribution in [1.29, 1.82) is 0 Å². The average molecular weight is 177 g/mol. The molecule has 0 atom stereocenters. The Kier molecular flexibility index (Phi) is 1.18. The van der Waals surface area contributed by atoms with E-state index < -0.39 is 0 Å². The zero-order valence-electron chi connectivity index (χ0n) is 6.33. The number of anilines is 1. The number of hydrogen-bond acceptors (Lipinski definition) is 3. The first-order chi connectivity index (χ1) is 5.95. The fourth-order valence-electron chi connectivity index (χ4n) is 1.46. The summed E-state index contributed by atoms with van der Waals surface area (Å²) in [6.07, 6.45) is 0. The van der Waals surface area contributed by atoms with Crippen LogP contribution in [0.25, 0.3) is 11.0 Å². The first-order valence-corrected chi connectivity index (χ1v) is 4.82. The molecule has 1 N–H and O–H groups in total. The van der Waals surface area contributed by atoms with E-state index in [0.717, 1.165) is 17.3 Å². The SMILES string of the molecule is c1ccc2c3c(oc2c1)NCS3. The largest absolute Gasteiger partial charge is 0.439 e. The highest BCUT2D eigenvalue weighted by molar-refractivity contribution is 8.00. The summed E-state index contributed by atoms with van der Waals surface area (Å²) >= 11 is 1.80.